The quantitative estimate of drug-likeness (QED) is 0.680. The number of hydrogen-bond donors (Lipinski definition) is 0. The van der Waals surface area contributed by atoms with E-state index in [0.717, 1.165) is 23.0 Å². The van der Waals surface area contributed by atoms with E-state index in [1.54, 1.807) is 26.4 Å². The van der Waals surface area contributed by atoms with Crippen molar-refractivity contribution >= 4 is 17.3 Å². The van der Waals surface area contributed by atoms with Crippen LogP contribution in [0.15, 0.2) is 46.9 Å². The van der Waals surface area contributed by atoms with E-state index in [-0.39, 0.29) is 0 Å². The summed E-state index contributed by atoms with van der Waals surface area (Å²) in [5, 5.41) is 0.835. The predicted molar refractivity (Wildman–Crippen MR) is 80.1 cm³/mol. The van der Waals surface area contributed by atoms with E-state index in [2.05, 4.69) is 0 Å². The van der Waals surface area contributed by atoms with Crippen molar-refractivity contribution in [2.24, 2.45) is 0 Å². The zero-order valence-electron chi connectivity index (χ0n) is 11.8. The highest BCUT2D eigenvalue weighted by atomic mass is 16.5. The average molecular weight is 282 g/mol. The van der Waals surface area contributed by atoms with Gasteiger partial charge in [-0.25, -0.2) is 0 Å². The van der Waals surface area contributed by atoms with Gasteiger partial charge in [0, 0.05) is 16.5 Å². The minimum Gasteiger partial charge on any atom is -0.497 e. The molecule has 21 heavy (non-hydrogen) atoms. The maximum absolute atomic E-state index is 11.0. The SMILES string of the molecule is COc1ccc(-c2cc3cc(C=O)cc(OC)c3o2)cc1. The van der Waals surface area contributed by atoms with Gasteiger partial charge in [-0.2, -0.15) is 0 Å². The molecule has 0 saturated heterocycles. The number of methoxy groups -OCH3 is 2. The maximum atomic E-state index is 11.0. The molecule has 0 radical (unpaired) electrons. The van der Waals surface area contributed by atoms with Crippen molar-refractivity contribution in [1.29, 1.82) is 0 Å². The third kappa shape index (κ3) is 2.36. The molecule has 0 aliphatic rings. The van der Waals surface area contributed by atoms with Crippen molar-refractivity contribution in [1.82, 2.24) is 0 Å². The summed E-state index contributed by atoms with van der Waals surface area (Å²) in [7, 11) is 3.18. The molecule has 0 unspecified atom stereocenters. The second-order valence-electron chi connectivity index (χ2n) is 4.60. The first kappa shape index (κ1) is 13.2. The highest BCUT2D eigenvalue weighted by molar-refractivity contribution is 5.92. The van der Waals surface area contributed by atoms with Gasteiger partial charge in [-0.05, 0) is 42.5 Å². The molecule has 0 spiro atoms. The smallest absolute Gasteiger partial charge is 0.176 e. The number of aldehydes is 1. The second kappa shape index (κ2) is 5.32. The monoisotopic (exact) mass is 282 g/mol. The fraction of sp³-hybridized carbons (Fsp3) is 0.118. The Bertz CT molecular complexity index is 784. The van der Waals surface area contributed by atoms with E-state index < -0.39 is 0 Å². The summed E-state index contributed by atoms with van der Waals surface area (Å²) in [5.41, 5.74) is 2.12. The van der Waals surface area contributed by atoms with Crippen LogP contribution < -0.4 is 9.47 Å². The topological polar surface area (TPSA) is 48.7 Å². The molecule has 106 valence electrons. The van der Waals surface area contributed by atoms with Crippen molar-refractivity contribution in [3.63, 3.8) is 0 Å². The van der Waals surface area contributed by atoms with Gasteiger partial charge in [0.25, 0.3) is 0 Å². The average Bonchev–Trinajstić information content (AvgIpc) is 2.97. The highest BCUT2D eigenvalue weighted by Gasteiger charge is 2.12. The van der Waals surface area contributed by atoms with E-state index in [1.807, 2.05) is 30.3 Å². The standard InChI is InChI=1S/C17H14O4/c1-19-14-5-3-12(4-6-14)15-9-13-7-11(10-18)8-16(20-2)17(13)21-15/h3-10H,1-2H3. The summed E-state index contributed by atoms with van der Waals surface area (Å²) >= 11 is 0. The van der Waals surface area contributed by atoms with Crippen LogP contribution in [-0.4, -0.2) is 20.5 Å². The number of carbonyl (C=O) groups excluding carboxylic acids is 1. The molecule has 3 rings (SSSR count). The summed E-state index contributed by atoms with van der Waals surface area (Å²) in [5.74, 6) is 2.05. The number of ether oxygens (including phenoxy) is 2. The molecule has 4 heteroatoms. The number of fused-ring (bicyclic) bond motifs is 1. The molecule has 4 nitrogen and oxygen atoms in total. The second-order valence-corrected chi connectivity index (χ2v) is 4.60. The van der Waals surface area contributed by atoms with Gasteiger partial charge in [-0.3, -0.25) is 4.79 Å². The molecule has 0 fully saturated rings. The molecule has 1 aromatic heterocycles. The number of benzene rings is 2. The summed E-state index contributed by atoms with van der Waals surface area (Å²) in [4.78, 5) is 11.0. The first-order valence-electron chi connectivity index (χ1n) is 6.46. The van der Waals surface area contributed by atoms with Gasteiger partial charge in [0.05, 0.1) is 14.2 Å². The Morgan fingerprint density at radius 1 is 1.00 bits per heavy atom. The van der Waals surface area contributed by atoms with Crippen LogP contribution in [0.4, 0.5) is 0 Å². The predicted octanol–water partition coefficient (Wildman–Crippen LogP) is 3.93. The van der Waals surface area contributed by atoms with Crippen LogP contribution in [0.5, 0.6) is 11.5 Å². The van der Waals surface area contributed by atoms with Crippen LogP contribution in [0.2, 0.25) is 0 Å². The zero-order chi connectivity index (χ0) is 14.8. The van der Waals surface area contributed by atoms with Crippen molar-refractivity contribution in [2.75, 3.05) is 14.2 Å². The number of carbonyl (C=O) groups is 1. The van der Waals surface area contributed by atoms with Crippen LogP contribution in [0.25, 0.3) is 22.3 Å². The van der Waals surface area contributed by atoms with Gasteiger partial charge in [-0.1, -0.05) is 0 Å². The molecular formula is C17H14O4. The molecule has 0 amide bonds. The summed E-state index contributed by atoms with van der Waals surface area (Å²) < 4.78 is 16.3. The lowest BCUT2D eigenvalue weighted by Gasteiger charge is -2.01. The Hall–Kier alpha value is -2.75. The maximum Gasteiger partial charge on any atom is 0.176 e. The van der Waals surface area contributed by atoms with Gasteiger partial charge < -0.3 is 13.9 Å². The van der Waals surface area contributed by atoms with E-state index >= 15 is 0 Å². The van der Waals surface area contributed by atoms with Crippen molar-refractivity contribution in [2.45, 2.75) is 0 Å². The van der Waals surface area contributed by atoms with Crippen LogP contribution in [0.1, 0.15) is 10.4 Å². The lowest BCUT2D eigenvalue weighted by atomic mass is 10.1. The third-order valence-electron chi connectivity index (χ3n) is 3.34. The first-order valence-corrected chi connectivity index (χ1v) is 6.46. The molecule has 1 heterocycles. The molecule has 0 bridgehead atoms. The van der Waals surface area contributed by atoms with Gasteiger partial charge in [0.2, 0.25) is 0 Å². The summed E-state index contributed by atoms with van der Waals surface area (Å²) in [6, 6.07) is 12.9. The molecule has 0 atom stereocenters. The lowest BCUT2D eigenvalue weighted by Crippen LogP contribution is -1.86. The molecule has 0 aliphatic heterocycles. The Balaban J connectivity index is 2.13. The van der Waals surface area contributed by atoms with Crippen molar-refractivity contribution in [3.05, 3.63) is 48.0 Å². The van der Waals surface area contributed by atoms with E-state index in [4.69, 9.17) is 13.9 Å². The Morgan fingerprint density at radius 2 is 1.76 bits per heavy atom. The molecule has 0 saturated carbocycles. The van der Waals surface area contributed by atoms with Gasteiger partial charge in [0.1, 0.15) is 17.8 Å². The number of hydrogen-bond acceptors (Lipinski definition) is 4. The largest absolute Gasteiger partial charge is 0.497 e. The van der Waals surface area contributed by atoms with E-state index in [9.17, 15) is 4.79 Å². The van der Waals surface area contributed by atoms with E-state index in [1.165, 1.54) is 0 Å². The minimum absolute atomic E-state index is 0.550. The van der Waals surface area contributed by atoms with Gasteiger partial charge in [0.15, 0.2) is 11.3 Å². The molecule has 0 aliphatic carbocycles. The zero-order valence-corrected chi connectivity index (χ0v) is 11.8. The molecular weight excluding hydrogens is 268 g/mol. The Labute approximate surface area is 121 Å². The highest BCUT2D eigenvalue weighted by Crippen LogP contribution is 2.34. The van der Waals surface area contributed by atoms with E-state index in [0.29, 0.717) is 22.7 Å². The fourth-order valence-electron chi connectivity index (χ4n) is 2.26. The minimum atomic E-state index is 0.550. The van der Waals surface area contributed by atoms with Crippen LogP contribution in [0, 0.1) is 0 Å². The lowest BCUT2D eigenvalue weighted by molar-refractivity contribution is 0.112. The molecule has 0 N–H and O–H groups in total. The molecule has 2 aromatic carbocycles. The van der Waals surface area contributed by atoms with Crippen LogP contribution in [0.3, 0.4) is 0 Å². The van der Waals surface area contributed by atoms with Crippen LogP contribution in [-0.2, 0) is 0 Å². The fourth-order valence-corrected chi connectivity index (χ4v) is 2.26. The summed E-state index contributed by atoms with van der Waals surface area (Å²) in [6.45, 7) is 0. The normalized spacial score (nSPS) is 10.6. The van der Waals surface area contributed by atoms with Crippen molar-refractivity contribution in [3.8, 4) is 22.8 Å². The molecule has 3 aromatic rings. The van der Waals surface area contributed by atoms with Gasteiger partial charge in [-0.15, -0.1) is 0 Å². The Morgan fingerprint density at radius 3 is 2.38 bits per heavy atom. The third-order valence-corrected chi connectivity index (χ3v) is 3.34. The number of furan rings is 1. The van der Waals surface area contributed by atoms with Crippen molar-refractivity contribution < 1.29 is 18.7 Å². The van der Waals surface area contributed by atoms with Gasteiger partial charge >= 0.3 is 0 Å². The summed E-state index contributed by atoms with van der Waals surface area (Å²) in [6.07, 6.45) is 0.794. The Kier molecular flexibility index (Phi) is 3.36. The first-order chi connectivity index (χ1) is 10.2. The van der Waals surface area contributed by atoms with Crippen LogP contribution >= 0.6 is 0 Å². The number of rotatable bonds is 4.